The molecule has 7 heteroatoms. The van der Waals surface area contributed by atoms with Crippen LogP contribution < -0.4 is 4.74 Å². The van der Waals surface area contributed by atoms with Crippen molar-refractivity contribution in [3.05, 3.63) is 53.3 Å². The second kappa shape index (κ2) is 5.65. The molecule has 0 aliphatic heterocycles. The number of aromatic nitrogens is 4. The van der Waals surface area contributed by atoms with Crippen LogP contribution in [0.1, 0.15) is 5.69 Å². The van der Waals surface area contributed by atoms with Crippen molar-refractivity contribution in [3.8, 4) is 28.8 Å². The Labute approximate surface area is 142 Å². The van der Waals surface area contributed by atoms with Crippen LogP contribution >= 0.6 is 11.6 Å². The molecule has 4 rings (SSSR count). The van der Waals surface area contributed by atoms with Gasteiger partial charge in [0.15, 0.2) is 0 Å². The van der Waals surface area contributed by atoms with E-state index < -0.39 is 0 Å². The van der Waals surface area contributed by atoms with Gasteiger partial charge >= 0.3 is 0 Å². The van der Waals surface area contributed by atoms with E-state index in [0.29, 0.717) is 16.8 Å². The predicted octanol–water partition coefficient (Wildman–Crippen LogP) is 4.02. The van der Waals surface area contributed by atoms with Crippen molar-refractivity contribution >= 4 is 17.2 Å². The highest BCUT2D eigenvalue weighted by Crippen LogP contribution is 2.28. The van der Waals surface area contributed by atoms with Crippen LogP contribution in [0.3, 0.4) is 0 Å². The third kappa shape index (κ3) is 2.41. The maximum absolute atomic E-state index is 6.09. The minimum Gasteiger partial charge on any atom is -0.497 e. The van der Waals surface area contributed by atoms with Crippen molar-refractivity contribution in [2.75, 3.05) is 7.11 Å². The Hall–Kier alpha value is -2.86. The highest BCUT2D eigenvalue weighted by Gasteiger charge is 2.18. The minimum absolute atomic E-state index is 0.396. The Morgan fingerprint density at radius 1 is 1.04 bits per heavy atom. The molecule has 0 N–H and O–H groups in total. The summed E-state index contributed by atoms with van der Waals surface area (Å²) in [5.74, 6) is 1.60. The van der Waals surface area contributed by atoms with Crippen LogP contribution in [0.25, 0.3) is 28.7 Å². The topological polar surface area (TPSA) is 65.5 Å². The number of aryl methyl sites for hydroxylation is 1. The monoisotopic (exact) mass is 340 g/mol. The molecule has 0 spiro atoms. The van der Waals surface area contributed by atoms with Crippen LogP contribution in [0.4, 0.5) is 0 Å². The molecular formula is C17H13ClN4O2. The van der Waals surface area contributed by atoms with E-state index in [2.05, 4.69) is 15.2 Å². The van der Waals surface area contributed by atoms with Crippen molar-refractivity contribution in [1.29, 1.82) is 0 Å². The Morgan fingerprint density at radius 3 is 2.54 bits per heavy atom. The van der Waals surface area contributed by atoms with Gasteiger partial charge in [-0.05, 0) is 43.3 Å². The Bertz CT molecular complexity index is 1020. The van der Waals surface area contributed by atoms with E-state index in [4.69, 9.17) is 20.8 Å². The summed E-state index contributed by atoms with van der Waals surface area (Å²) < 4.78 is 12.9. The molecule has 6 nitrogen and oxygen atoms in total. The van der Waals surface area contributed by atoms with Gasteiger partial charge in [0.1, 0.15) is 17.1 Å². The van der Waals surface area contributed by atoms with Crippen LogP contribution in [0, 0.1) is 6.92 Å². The quantitative estimate of drug-likeness (QED) is 0.563. The lowest BCUT2D eigenvalue weighted by molar-refractivity contribution is 0.415. The fourth-order valence-electron chi connectivity index (χ4n) is 2.56. The second-order valence-electron chi connectivity index (χ2n) is 5.26. The van der Waals surface area contributed by atoms with E-state index in [1.54, 1.807) is 19.4 Å². The van der Waals surface area contributed by atoms with E-state index in [1.807, 2.05) is 41.7 Å². The third-order valence-electron chi connectivity index (χ3n) is 3.72. The van der Waals surface area contributed by atoms with E-state index in [0.717, 1.165) is 28.3 Å². The molecule has 120 valence electrons. The number of methoxy groups -OCH3 is 1. The average molecular weight is 341 g/mol. The van der Waals surface area contributed by atoms with Gasteiger partial charge in [0.05, 0.1) is 17.8 Å². The molecule has 0 saturated heterocycles. The zero-order valence-electron chi connectivity index (χ0n) is 13.0. The van der Waals surface area contributed by atoms with E-state index >= 15 is 0 Å². The zero-order chi connectivity index (χ0) is 16.7. The lowest BCUT2D eigenvalue weighted by Crippen LogP contribution is -1.89. The molecule has 0 radical (unpaired) electrons. The number of imidazole rings is 1. The summed E-state index contributed by atoms with van der Waals surface area (Å²) in [4.78, 5) is 4.50. The summed E-state index contributed by atoms with van der Waals surface area (Å²) in [5, 5.41) is 8.91. The SMILES string of the molecule is COc1ccc(-c2nnc(-c3c(C)nc4ccc(Cl)cn34)o2)cc1. The van der Waals surface area contributed by atoms with E-state index in [9.17, 15) is 0 Å². The number of hydrogen-bond acceptors (Lipinski definition) is 5. The van der Waals surface area contributed by atoms with Gasteiger partial charge in [-0.25, -0.2) is 4.98 Å². The Morgan fingerprint density at radius 2 is 1.79 bits per heavy atom. The van der Waals surface area contributed by atoms with Gasteiger partial charge in [0, 0.05) is 11.8 Å². The lowest BCUT2D eigenvalue weighted by atomic mass is 10.2. The molecule has 0 aliphatic rings. The molecule has 0 saturated carbocycles. The summed E-state index contributed by atoms with van der Waals surface area (Å²) in [6.45, 7) is 1.90. The van der Waals surface area contributed by atoms with Crippen LogP contribution in [0.2, 0.25) is 5.02 Å². The highest BCUT2D eigenvalue weighted by molar-refractivity contribution is 6.30. The number of halogens is 1. The number of hydrogen-bond donors (Lipinski definition) is 0. The summed E-state index contributed by atoms with van der Waals surface area (Å²) in [6, 6.07) is 11.1. The first kappa shape index (κ1) is 14.7. The van der Waals surface area contributed by atoms with Crippen molar-refractivity contribution in [2.24, 2.45) is 0 Å². The fraction of sp³-hybridized carbons (Fsp3) is 0.118. The summed E-state index contributed by atoms with van der Waals surface area (Å²) in [6.07, 6.45) is 1.78. The predicted molar refractivity (Wildman–Crippen MR) is 90.2 cm³/mol. The molecule has 24 heavy (non-hydrogen) atoms. The van der Waals surface area contributed by atoms with Gasteiger partial charge in [0.25, 0.3) is 5.89 Å². The van der Waals surface area contributed by atoms with Gasteiger partial charge in [0.2, 0.25) is 5.89 Å². The Kier molecular flexibility index (Phi) is 3.46. The fourth-order valence-corrected chi connectivity index (χ4v) is 2.72. The van der Waals surface area contributed by atoms with Crippen LogP contribution in [-0.4, -0.2) is 26.7 Å². The third-order valence-corrected chi connectivity index (χ3v) is 3.94. The molecular weight excluding hydrogens is 328 g/mol. The molecule has 0 amide bonds. The normalized spacial score (nSPS) is 11.1. The van der Waals surface area contributed by atoms with Crippen molar-refractivity contribution in [2.45, 2.75) is 6.92 Å². The van der Waals surface area contributed by atoms with Gasteiger partial charge in [-0.2, -0.15) is 0 Å². The number of ether oxygens (including phenoxy) is 1. The molecule has 3 aromatic heterocycles. The highest BCUT2D eigenvalue weighted by atomic mass is 35.5. The molecule has 1 aromatic carbocycles. The maximum atomic E-state index is 6.09. The smallest absolute Gasteiger partial charge is 0.266 e. The summed E-state index contributed by atoms with van der Waals surface area (Å²) in [5.41, 5.74) is 3.12. The van der Waals surface area contributed by atoms with Crippen LogP contribution in [0.5, 0.6) is 5.75 Å². The lowest BCUT2D eigenvalue weighted by Gasteiger charge is -2.00. The molecule has 0 aliphatic carbocycles. The van der Waals surface area contributed by atoms with Crippen LogP contribution in [-0.2, 0) is 0 Å². The zero-order valence-corrected chi connectivity index (χ0v) is 13.8. The van der Waals surface area contributed by atoms with Crippen LogP contribution in [0.15, 0.2) is 47.0 Å². The standard InChI is InChI=1S/C17H13ClN4O2/c1-10-15(22-9-12(18)5-8-14(22)19-10)17-21-20-16(24-17)11-3-6-13(23-2)7-4-11/h3-9H,1-2H3. The second-order valence-corrected chi connectivity index (χ2v) is 5.70. The van der Waals surface area contributed by atoms with Crippen molar-refractivity contribution < 1.29 is 9.15 Å². The molecule has 0 fully saturated rings. The van der Waals surface area contributed by atoms with Crippen molar-refractivity contribution in [1.82, 2.24) is 19.6 Å². The van der Waals surface area contributed by atoms with Gasteiger partial charge in [-0.1, -0.05) is 11.6 Å². The number of rotatable bonds is 3. The first-order valence-electron chi connectivity index (χ1n) is 7.28. The van der Waals surface area contributed by atoms with E-state index in [-0.39, 0.29) is 0 Å². The summed E-state index contributed by atoms with van der Waals surface area (Å²) >= 11 is 6.09. The first-order chi connectivity index (χ1) is 11.7. The van der Waals surface area contributed by atoms with Crippen molar-refractivity contribution in [3.63, 3.8) is 0 Å². The number of benzene rings is 1. The average Bonchev–Trinajstić information content (AvgIpc) is 3.18. The maximum Gasteiger partial charge on any atom is 0.266 e. The molecule has 0 unspecified atom stereocenters. The molecule has 3 heterocycles. The molecule has 4 aromatic rings. The van der Waals surface area contributed by atoms with E-state index in [1.165, 1.54) is 0 Å². The van der Waals surface area contributed by atoms with Gasteiger partial charge < -0.3 is 9.15 Å². The number of nitrogens with zero attached hydrogens (tertiary/aromatic N) is 4. The number of fused-ring (bicyclic) bond motifs is 1. The largest absolute Gasteiger partial charge is 0.497 e. The summed E-state index contributed by atoms with van der Waals surface area (Å²) in [7, 11) is 1.62. The molecule has 0 bridgehead atoms. The Balaban J connectivity index is 1.80. The number of pyridine rings is 1. The van der Waals surface area contributed by atoms with Gasteiger partial charge in [-0.3, -0.25) is 4.40 Å². The minimum atomic E-state index is 0.396. The van der Waals surface area contributed by atoms with Gasteiger partial charge in [-0.15, -0.1) is 10.2 Å². The molecule has 0 atom stereocenters. The first-order valence-corrected chi connectivity index (χ1v) is 7.66.